The van der Waals surface area contributed by atoms with Gasteiger partial charge in [-0.05, 0) is 65.6 Å². The Labute approximate surface area is 239 Å². The zero-order valence-electron chi connectivity index (χ0n) is 22.3. The van der Waals surface area contributed by atoms with Crippen LogP contribution in [0.4, 0.5) is 14.3 Å². The Balaban J connectivity index is 1.54. The summed E-state index contributed by atoms with van der Waals surface area (Å²) in [7, 11) is 2.07. The van der Waals surface area contributed by atoms with Crippen LogP contribution in [0.5, 0.6) is 6.01 Å². The van der Waals surface area contributed by atoms with Crippen LogP contribution in [0.15, 0.2) is 29.3 Å². The van der Waals surface area contributed by atoms with E-state index in [1.807, 2.05) is 12.3 Å². The van der Waals surface area contributed by atoms with Gasteiger partial charge in [0.25, 0.3) is 0 Å². The van der Waals surface area contributed by atoms with E-state index < -0.39 is 17.5 Å². The number of anilines is 1. The second-order valence-electron chi connectivity index (χ2n) is 10.3. The summed E-state index contributed by atoms with van der Waals surface area (Å²) in [5.74, 6) is -0.583. The predicted octanol–water partition coefficient (Wildman–Crippen LogP) is 7.24. The molecule has 0 spiro atoms. The van der Waals surface area contributed by atoms with E-state index in [-0.39, 0.29) is 28.2 Å². The van der Waals surface area contributed by atoms with Gasteiger partial charge in [0.15, 0.2) is 10.9 Å². The minimum Gasteiger partial charge on any atom is -0.462 e. The maximum Gasteiger partial charge on any atom is 0.413 e. The van der Waals surface area contributed by atoms with E-state index in [9.17, 15) is 4.79 Å². The number of hydrogen-bond donors (Lipinski definition) is 1. The van der Waals surface area contributed by atoms with Crippen LogP contribution in [-0.4, -0.2) is 64.0 Å². The zero-order chi connectivity index (χ0) is 27.9. The van der Waals surface area contributed by atoms with Crippen LogP contribution >= 0.6 is 34.7 Å². The monoisotopic (exact) mass is 589 g/mol. The van der Waals surface area contributed by atoms with E-state index in [4.69, 9.17) is 21.1 Å². The summed E-state index contributed by atoms with van der Waals surface area (Å²) in [5, 5.41) is 4.30. The first kappa shape index (κ1) is 27.8. The topological polar surface area (TPSA) is 89.5 Å². The van der Waals surface area contributed by atoms with Crippen LogP contribution in [0.25, 0.3) is 32.2 Å². The molecule has 12 heteroatoms. The number of nitrogens with zero attached hydrogens (tertiary/aromatic N) is 4. The third kappa shape index (κ3) is 5.91. The van der Waals surface area contributed by atoms with Gasteiger partial charge in [0.2, 0.25) is 0 Å². The number of hydrogen-bond acceptors (Lipinski definition) is 9. The van der Waals surface area contributed by atoms with E-state index in [1.54, 1.807) is 39.0 Å². The smallest absolute Gasteiger partial charge is 0.413 e. The fourth-order valence-electron chi connectivity index (χ4n) is 4.57. The van der Waals surface area contributed by atoms with Crippen LogP contribution in [-0.2, 0) is 4.74 Å². The third-order valence-corrected chi connectivity index (χ3v) is 8.33. The first-order valence-corrected chi connectivity index (χ1v) is 14.9. The number of carbonyl (C=O) groups excluding carboxylic acids is 1. The number of rotatable bonds is 6. The highest BCUT2D eigenvalue weighted by atomic mass is 35.5. The van der Waals surface area contributed by atoms with Crippen LogP contribution < -0.4 is 10.1 Å². The lowest BCUT2D eigenvalue weighted by atomic mass is 10.0. The summed E-state index contributed by atoms with van der Waals surface area (Å²) in [6.07, 6.45) is 3.41. The molecule has 0 bridgehead atoms. The highest BCUT2D eigenvalue weighted by molar-refractivity contribution is 7.98. The second-order valence-corrected chi connectivity index (χ2v) is 12.6. The quantitative estimate of drug-likeness (QED) is 0.186. The van der Waals surface area contributed by atoms with Gasteiger partial charge in [-0.15, -0.1) is 11.8 Å². The van der Waals surface area contributed by atoms with Gasteiger partial charge in [-0.1, -0.05) is 35.1 Å². The van der Waals surface area contributed by atoms with Crippen LogP contribution in [0.2, 0.25) is 5.02 Å². The largest absolute Gasteiger partial charge is 0.462 e. The van der Waals surface area contributed by atoms with E-state index in [1.165, 1.54) is 23.1 Å². The highest BCUT2D eigenvalue weighted by Crippen LogP contribution is 2.42. The fraction of sp³-hybridized carbons (Fsp3) is 0.407. The fourth-order valence-corrected chi connectivity index (χ4v) is 6.29. The number of likely N-dealkylation sites (N-methyl/N-ethyl adjacent to an activating group) is 1. The normalized spacial score (nSPS) is 16.2. The lowest BCUT2D eigenvalue weighted by Gasteiger charge is -2.19. The Morgan fingerprint density at radius 2 is 2.08 bits per heavy atom. The number of fused-ring (bicyclic) bond motifs is 2. The molecule has 1 atom stereocenters. The van der Waals surface area contributed by atoms with Crippen molar-refractivity contribution in [3.05, 3.63) is 35.1 Å². The SMILES string of the molecule is CSc1nc(OCC2CCCN2C)nc2c(F)c(-c3cccc4sc(NC(=O)OC(C)(C)C)nc34)c(Cl)cc12. The van der Waals surface area contributed by atoms with Crippen LogP contribution in [0.1, 0.15) is 33.6 Å². The molecule has 1 N–H and O–H groups in total. The van der Waals surface area contributed by atoms with Gasteiger partial charge < -0.3 is 14.4 Å². The maximum atomic E-state index is 16.3. The molecule has 206 valence electrons. The Morgan fingerprint density at radius 3 is 2.77 bits per heavy atom. The molecule has 1 amide bonds. The van der Waals surface area contributed by atoms with Crippen molar-refractivity contribution in [3.63, 3.8) is 0 Å². The van der Waals surface area contributed by atoms with Crippen molar-refractivity contribution < 1.29 is 18.7 Å². The van der Waals surface area contributed by atoms with Gasteiger partial charge in [0.05, 0.1) is 15.2 Å². The number of nitrogens with one attached hydrogen (secondary N) is 1. The second kappa shape index (κ2) is 11.0. The Hall–Kier alpha value is -2.73. The highest BCUT2D eigenvalue weighted by Gasteiger charge is 2.25. The number of aromatic nitrogens is 3. The van der Waals surface area contributed by atoms with Crippen molar-refractivity contribution >= 4 is 67.0 Å². The van der Waals surface area contributed by atoms with Crippen LogP contribution in [0, 0.1) is 5.82 Å². The molecule has 0 radical (unpaired) electrons. The Morgan fingerprint density at radius 1 is 1.28 bits per heavy atom. The molecule has 3 heterocycles. The summed E-state index contributed by atoms with van der Waals surface area (Å²) in [5.41, 5.74) is 0.651. The van der Waals surface area contributed by atoms with E-state index in [0.29, 0.717) is 33.2 Å². The van der Waals surface area contributed by atoms with E-state index >= 15 is 4.39 Å². The van der Waals surface area contributed by atoms with Gasteiger partial charge in [-0.25, -0.2) is 14.2 Å². The van der Waals surface area contributed by atoms with Gasteiger partial charge in [-0.2, -0.15) is 9.97 Å². The molecular weight excluding hydrogens is 561 g/mol. The number of carbonyl (C=O) groups is 1. The average molecular weight is 590 g/mol. The number of benzene rings is 2. The molecule has 1 aliphatic rings. The lowest BCUT2D eigenvalue weighted by Crippen LogP contribution is -2.30. The number of thioether (sulfide) groups is 1. The first-order chi connectivity index (χ1) is 18.5. The average Bonchev–Trinajstić information content (AvgIpc) is 3.46. The number of halogens is 2. The molecule has 2 aromatic heterocycles. The summed E-state index contributed by atoms with van der Waals surface area (Å²) < 4.78 is 28.3. The van der Waals surface area contributed by atoms with Crippen molar-refractivity contribution in [2.75, 3.05) is 31.8 Å². The molecule has 2 aromatic carbocycles. The number of para-hydroxylation sites is 1. The Kier molecular flexibility index (Phi) is 7.87. The molecule has 0 saturated carbocycles. The third-order valence-electron chi connectivity index (χ3n) is 6.39. The number of ether oxygens (including phenoxy) is 2. The van der Waals surface area contributed by atoms with Crippen molar-refractivity contribution in [1.29, 1.82) is 0 Å². The predicted molar refractivity (Wildman–Crippen MR) is 156 cm³/mol. The molecule has 1 fully saturated rings. The van der Waals surface area contributed by atoms with Crippen molar-refractivity contribution in [3.8, 4) is 17.1 Å². The van der Waals surface area contributed by atoms with E-state index in [0.717, 1.165) is 24.1 Å². The molecule has 0 aliphatic carbocycles. The van der Waals surface area contributed by atoms with Crippen molar-refractivity contribution in [1.82, 2.24) is 19.9 Å². The zero-order valence-corrected chi connectivity index (χ0v) is 24.7. The van der Waals surface area contributed by atoms with Crippen molar-refractivity contribution in [2.24, 2.45) is 0 Å². The summed E-state index contributed by atoms with van der Waals surface area (Å²) in [6.45, 7) is 6.80. The molecular formula is C27H29ClFN5O3S2. The van der Waals surface area contributed by atoms with Crippen LogP contribution in [0.3, 0.4) is 0 Å². The summed E-state index contributed by atoms with van der Waals surface area (Å²) in [4.78, 5) is 28.1. The van der Waals surface area contributed by atoms with E-state index in [2.05, 4.69) is 32.2 Å². The van der Waals surface area contributed by atoms with Gasteiger partial charge in [0, 0.05) is 22.6 Å². The molecule has 5 rings (SSSR count). The molecule has 8 nitrogen and oxygen atoms in total. The maximum absolute atomic E-state index is 16.3. The lowest BCUT2D eigenvalue weighted by molar-refractivity contribution is 0.0636. The molecule has 1 unspecified atom stereocenters. The van der Waals surface area contributed by atoms with Gasteiger partial charge >= 0.3 is 12.1 Å². The number of likely N-dealkylation sites (tertiary alicyclic amines) is 1. The minimum absolute atomic E-state index is 0.128. The van der Waals surface area contributed by atoms with Gasteiger partial charge in [-0.3, -0.25) is 5.32 Å². The van der Waals surface area contributed by atoms with Crippen molar-refractivity contribution in [2.45, 2.75) is 50.3 Å². The molecule has 4 aromatic rings. The van der Waals surface area contributed by atoms with Gasteiger partial charge in [0.1, 0.15) is 22.8 Å². The number of amides is 1. The summed E-state index contributed by atoms with van der Waals surface area (Å²) >= 11 is 9.32. The molecule has 39 heavy (non-hydrogen) atoms. The summed E-state index contributed by atoms with van der Waals surface area (Å²) in [6, 6.07) is 7.49. The molecule has 1 aliphatic heterocycles. The standard InChI is InChI=1S/C27H29ClFN5O3S2/c1-27(2,3)37-26(35)33-25-31-21-15(9-6-10-18(21)39-25)19-17(28)12-16-22(20(19)29)30-24(32-23(16)38-5)36-13-14-8-7-11-34(14)4/h6,9-10,12,14H,7-8,11,13H2,1-5H3,(H,31,33,35). The number of thiazole rings is 1. The molecule has 1 saturated heterocycles. The minimum atomic E-state index is -0.652. The Bertz CT molecular complexity index is 1560. The first-order valence-electron chi connectivity index (χ1n) is 12.5.